The molecule has 0 saturated carbocycles. The van der Waals surface area contributed by atoms with E-state index in [0.29, 0.717) is 40.5 Å². The smallest absolute Gasteiger partial charge is 0.240 e. The second-order valence-corrected chi connectivity index (χ2v) is 11.9. The Morgan fingerprint density at radius 2 is 1.80 bits per heavy atom. The van der Waals surface area contributed by atoms with E-state index in [-0.39, 0.29) is 13.2 Å². The van der Waals surface area contributed by atoms with Crippen molar-refractivity contribution in [3.8, 4) is 45.9 Å². The van der Waals surface area contributed by atoms with Gasteiger partial charge in [-0.05, 0) is 77.9 Å². The van der Waals surface area contributed by atoms with Gasteiger partial charge in [-0.3, -0.25) is 0 Å². The van der Waals surface area contributed by atoms with E-state index in [1.54, 1.807) is 18.4 Å². The number of hydrogen-bond acceptors (Lipinski definition) is 11. The minimum atomic E-state index is 0.193. The highest BCUT2D eigenvalue weighted by molar-refractivity contribution is 7.09. The Balaban J connectivity index is 1.04. The van der Waals surface area contributed by atoms with Crippen LogP contribution in [-0.2, 0) is 19.6 Å². The van der Waals surface area contributed by atoms with Crippen molar-refractivity contribution < 1.29 is 18.6 Å². The summed E-state index contributed by atoms with van der Waals surface area (Å²) in [4.78, 5) is 9.34. The van der Waals surface area contributed by atoms with Crippen molar-refractivity contribution >= 4 is 23.5 Å². The van der Waals surface area contributed by atoms with Crippen molar-refractivity contribution in [1.82, 2.24) is 40.4 Å². The van der Waals surface area contributed by atoms with E-state index in [0.717, 1.165) is 45.1 Å². The fraction of sp³-hybridized carbons (Fsp3) is 0.167. The lowest BCUT2D eigenvalue weighted by Gasteiger charge is -2.12. The van der Waals surface area contributed by atoms with E-state index in [9.17, 15) is 0 Å². The van der Waals surface area contributed by atoms with Crippen LogP contribution >= 0.6 is 11.3 Å². The number of para-hydroxylation sites is 1. The first kappa shape index (κ1) is 31.5. The van der Waals surface area contributed by atoms with Gasteiger partial charge in [0, 0.05) is 22.7 Å². The summed E-state index contributed by atoms with van der Waals surface area (Å²) in [5, 5.41) is 21.9. The van der Waals surface area contributed by atoms with Crippen LogP contribution in [0.25, 0.3) is 40.7 Å². The van der Waals surface area contributed by atoms with Gasteiger partial charge in [0.2, 0.25) is 11.8 Å². The molecule has 4 heterocycles. The van der Waals surface area contributed by atoms with Crippen molar-refractivity contribution in [2.75, 3.05) is 7.11 Å². The normalized spacial score (nSPS) is 11.3. The van der Waals surface area contributed by atoms with E-state index >= 15 is 0 Å². The summed E-state index contributed by atoms with van der Waals surface area (Å²) in [5.41, 5.74) is 5.87. The average Bonchev–Trinajstić information content (AvgIpc) is 3.97. The maximum atomic E-state index is 6.27. The Morgan fingerprint density at radius 1 is 0.918 bits per heavy atom. The summed E-state index contributed by atoms with van der Waals surface area (Å²) >= 11 is 1.65. The lowest BCUT2D eigenvalue weighted by atomic mass is 10.1. The van der Waals surface area contributed by atoms with Crippen LogP contribution in [0.2, 0.25) is 0 Å². The van der Waals surface area contributed by atoms with E-state index in [1.807, 2.05) is 108 Å². The predicted octanol–water partition coefficient (Wildman–Crippen LogP) is 7.37. The van der Waals surface area contributed by atoms with E-state index < -0.39 is 0 Å². The third-order valence-electron chi connectivity index (χ3n) is 7.62. The number of ether oxygens (including phenoxy) is 3. The molecule has 0 spiro atoms. The minimum absolute atomic E-state index is 0.193. The Hall–Kier alpha value is -6.08. The lowest BCUT2D eigenvalue weighted by molar-refractivity contribution is 0.275. The van der Waals surface area contributed by atoms with Crippen LogP contribution in [-0.4, -0.2) is 47.5 Å². The Bertz CT molecular complexity index is 2190. The molecule has 1 N–H and O–H groups in total. The third kappa shape index (κ3) is 7.26. The topological polar surface area (TPSA) is 139 Å². The second kappa shape index (κ2) is 14.4. The molecule has 7 rings (SSSR count). The Kier molecular flexibility index (Phi) is 9.23. The molecule has 0 aliphatic heterocycles. The van der Waals surface area contributed by atoms with Crippen LogP contribution in [0.15, 0.2) is 88.8 Å². The fourth-order valence-electron chi connectivity index (χ4n) is 5.04. The first-order valence-corrected chi connectivity index (χ1v) is 16.4. The summed E-state index contributed by atoms with van der Waals surface area (Å²) in [5.74, 6) is 3.34. The summed E-state index contributed by atoms with van der Waals surface area (Å²) in [6.45, 7) is 4.43. The van der Waals surface area contributed by atoms with Gasteiger partial charge in [-0.2, -0.15) is 0 Å². The number of rotatable bonds is 13. The standard InChI is InChI=1S/C36H32N8O4S/c1-4-33-37-28(22-49-33)15-14-27-19-44(29-11-6-5-7-12-29)41-36(27)47-20-24-13-16-31(32(17-24)45-3)46-21-30-23(2)48-35(38-30)26-10-8-9-25(18-26)34-39-42-43-40-34/h5-19,22H,4,20-21H2,1-3H3,(H,39,40,42,43). The fourth-order valence-corrected chi connectivity index (χ4v) is 5.75. The molecule has 3 aromatic carbocycles. The molecule has 7 aromatic rings. The highest BCUT2D eigenvalue weighted by Crippen LogP contribution is 2.31. The SMILES string of the molecule is CCc1nc(C=Cc2cn(-c3ccccc3)nc2OCc2ccc(OCc3nc(-c4cccc(-c5nnn[nH]5)c4)oc3C)c(OC)c2)cs1. The highest BCUT2D eigenvalue weighted by Gasteiger charge is 2.16. The van der Waals surface area contributed by atoms with Gasteiger partial charge in [0.25, 0.3) is 0 Å². The minimum Gasteiger partial charge on any atom is -0.493 e. The molecular formula is C36H32N8O4S. The zero-order valence-electron chi connectivity index (χ0n) is 27.0. The number of nitrogens with one attached hydrogen (secondary N) is 1. The second-order valence-electron chi connectivity index (χ2n) is 10.9. The van der Waals surface area contributed by atoms with Gasteiger partial charge in [0.05, 0.1) is 29.1 Å². The van der Waals surface area contributed by atoms with Gasteiger partial charge < -0.3 is 18.6 Å². The molecule has 0 bridgehead atoms. The summed E-state index contributed by atoms with van der Waals surface area (Å²) < 4.78 is 25.9. The van der Waals surface area contributed by atoms with Crippen molar-refractivity contribution in [3.05, 3.63) is 118 Å². The van der Waals surface area contributed by atoms with E-state index in [1.165, 1.54) is 0 Å². The third-order valence-corrected chi connectivity index (χ3v) is 8.63. The monoisotopic (exact) mass is 672 g/mol. The molecule has 12 nitrogen and oxygen atoms in total. The number of aromatic amines is 1. The van der Waals surface area contributed by atoms with Gasteiger partial charge in [-0.15, -0.1) is 21.5 Å². The van der Waals surface area contributed by atoms with E-state index in [4.69, 9.17) is 28.7 Å². The summed E-state index contributed by atoms with van der Waals surface area (Å²) in [6.07, 6.45) is 6.83. The summed E-state index contributed by atoms with van der Waals surface area (Å²) in [6, 6.07) is 23.3. The van der Waals surface area contributed by atoms with Crippen LogP contribution < -0.4 is 14.2 Å². The predicted molar refractivity (Wildman–Crippen MR) is 185 cm³/mol. The van der Waals surface area contributed by atoms with Crippen LogP contribution in [0.4, 0.5) is 0 Å². The number of oxazole rings is 1. The van der Waals surface area contributed by atoms with Gasteiger partial charge >= 0.3 is 0 Å². The molecule has 0 atom stereocenters. The van der Waals surface area contributed by atoms with Crippen molar-refractivity contribution in [3.63, 3.8) is 0 Å². The quantitative estimate of drug-likeness (QED) is 0.132. The largest absolute Gasteiger partial charge is 0.493 e. The molecular weight excluding hydrogens is 641 g/mol. The molecule has 13 heteroatoms. The molecule has 246 valence electrons. The highest BCUT2D eigenvalue weighted by atomic mass is 32.1. The molecule has 0 radical (unpaired) electrons. The number of tetrazole rings is 1. The van der Waals surface area contributed by atoms with Gasteiger partial charge in [-0.25, -0.2) is 19.7 Å². The Morgan fingerprint density at radius 3 is 2.59 bits per heavy atom. The maximum absolute atomic E-state index is 6.27. The van der Waals surface area contributed by atoms with Crippen LogP contribution in [0.1, 0.15) is 40.2 Å². The lowest BCUT2D eigenvalue weighted by Crippen LogP contribution is -2.02. The number of methoxy groups -OCH3 is 1. The molecule has 0 aliphatic rings. The summed E-state index contributed by atoms with van der Waals surface area (Å²) in [7, 11) is 1.61. The molecule has 0 unspecified atom stereocenters. The number of H-pyrrole nitrogens is 1. The molecule has 0 amide bonds. The van der Waals surface area contributed by atoms with Crippen LogP contribution in [0.3, 0.4) is 0 Å². The van der Waals surface area contributed by atoms with Gasteiger partial charge in [0.1, 0.15) is 24.7 Å². The molecule has 49 heavy (non-hydrogen) atoms. The number of hydrogen-bond donors (Lipinski definition) is 1. The molecule has 0 aliphatic carbocycles. The van der Waals surface area contributed by atoms with Crippen LogP contribution in [0.5, 0.6) is 17.4 Å². The molecule has 0 saturated heterocycles. The van der Waals surface area contributed by atoms with Crippen molar-refractivity contribution in [2.45, 2.75) is 33.5 Å². The maximum Gasteiger partial charge on any atom is 0.240 e. The Labute approximate surface area is 286 Å². The zero-order valence-corrected chi connectivity index (χ0v) is 27.8. The molecule has 4 aromatic heterocycles. The van der Waals surface area contributed by atoms with Gasteiger partial charge in [0.15, 0.2) is 17.3 Å². The number of nitrogens with zero attached hydrogens (tertiary/aromatic N) is 7. The van der Waals surface area contributed by atoms with Crippen LogP contribution in [0, 0.1) is 6.92 Å². The first-order chi connectivity index (χ1) is 24.1. The number of aromatic nitrogens is 8. The van der Waals surface area contributed by atoms with Crippen molar-refractivity contribution in [2.24, 2.45) is 0 Å². The number of aryl methyl sites for hydroxylation is 2. The zero-order chi connectivity index (χ0) is 33.6. The van der Waals surface area contributed by atoms with Crippen molar-refractivity contribution in [1.29, 1.82) is 0 Å². The van der Waals surface area contributed by atoms with E-state index in [2.05, 4.69) is 32.5 Å². The number of benzene rings is 3. The first-order valence-electron chi connectivity index (χ1n) is 15.6. The van der Waals surface area contributed by atoms with Gasteiger partial charge in [-0.1, -0.05) is 43.3 Å². The average molecular weight is 673 g/mol. The number of thiazole rings is 1. The molecule has 0 fully saturated rings.